The van der Waals surface area contributed by atoms with Crippen molar-refractivity contribution in [3.8, 4) is 23.8 Å². The smallest absolute Gasteiger partial charge is 0.194 e. The topological polar surface area (TPSA) is 68.2 Å². The zero-order valence-electron chi connectivity index (χ0n) is 17.6. The van der Waals surface area contributed by atoms with Gasteiger partial charge in [-0.2, -0.15) is 0 Å². The van der Waals surface area contributed by atoms with Gasteiger partial charge in [-0.05, 0) is 24.6 Å². The van der Waals surface area contributed by atoms with Gasteiger partial charge in [-0.25, -0.2) is 4.98 Å². The van der Waals surface area contributed by atoms with Crippen LogP contribution in [0.1, 0.15) is 29.3 Å². The number of rotatable bonds is 9. The van der Waals surface area contributed by atoms with E-state index < -0.39 is 0 Å². The first-order chi connectivity index (χ1) is 14.0. The van der Waals surface area contributed by atoms with Crippen LogP contribution in [-0.4, -0.2) is 50.8 Å². The first kappa shape index (κ1) is 22.5. The lowest BCUT2D eigenvalue weighted by Crippen LogP contribution is -2.38. The van der Waals surface area contributed by atoms with E-state index in [9.17, 15) is 0 Å². The lowest BCUT2D eigenvalue weighted by atomic mass is 10.2. The zero-order chi connectivity index (χ0) is 21.2. The number of hydrogen-bond donors (Lipinski definition) is 1. The van der Waals surface area contributed by atoms with Crippen molar-refractivity contribution in [2.24, 2.45) is 4.99 Å². The Labute approximate surface area is 176 Å². The molecule has 2 rings (SSSR count). The van der Waals surface area contributed by atoms with Crippen molar-refractivity contribution < 1.29 is 14.2 Å². The van der Waals surface area contributed by atoms with Gasteiger partial charge in [0.25, 0.3) is 0 Å². The molecular weight excluding hydrogens is 388 g/mol. The predicted octanol–water partition coefficient (Wildman–Crippen LogP) is 3.08. The number of methoxy groups -OCH3 is 2. The fourth-order valence-corrected chi connectivity index (χ4v) is 3.47. The number of hydrogen-bond acceptors (Lipinski definition) is 6. The molecule has 0 saturated heterocycles. The van der Waals surface area contributed by atoms with E-state index in [0.29, 0.717) is 24.6 Å². The van der Waals surface area contributed by atoms with Gasteiger partial charge < -0.3 is 24.4 Å². The molecule has 7 nitrogen and oxygen atoms in total. The highest BCUT2D eigenvalue weighted by atomic mass is 32.1. The number of guanidine groups is 1. The van der Waals surface area contributed by atoms with Crippen LogP contribution in [0.4, 0.5) is 0 Å². The highest BCUT2D eigenvalue weighted by Gasteiger charge is 2.13. The molecule has 0 aliphatic rings. The summed E-state index contributed by atoms with van der Waals surface area (Å²) < 4.78 is 16.2. The average molecular weight is 417 g/mol. The summed E-state index contributed by atoms with van der Waals surface area (Å²) in [7, 11) is 7.02. The molecule has 0 amide bonds. The molecule has 0 spiro atoms. The highest BCUT2D eigenvalue weighted by molar-refractivity contribution is 7.09. The molecule has 1 heterocycles. The van der Waals surface area contributed by atoms with Gasteiger partial charge in [-0.3, -0.25) is 4.99 Å². The quantitative estimate of drug-likeness (QED) is 0.385. The first-order valence-electron chi connectivity index (χ1n) is 9.14. The number of benzene rings is 1. The van der Waals surface area contributed by atoms with E-state index in [0.717, 1.165) is 22.2 Å². The summed E-state index contributed by atoms with van der Waals surface area (Å²) >= 11 is 1.60. The highest BCUT2D eigenvalue weighted by Crippen LogP contribution is 2.28. The molecule has 8 heteroatoms. The van der Waals surface area contributed by atoms with E-state index >= 15 is 0 Å². The number of aliphatic imine (C=N–C) groups is 1. The van der Waals surface area contributed by atoms with Crippen LogP contribution in [0.25, 0.3) is 0 Å². The maximum absolute atomic E-state index is 5.56. The molecular formula is C21H28N4O3S. The van der Waals surface area contributed by atoms with Crippen LogP contribution in [0.2, 0.25) is 0 Å². The van der Waals surface area contributed by atoms with Crippen LogP contribution in [0.15, 0.2) is 28.6 Å². The summed E-state index contributed by atoms with van der Waals surface area (Å²) in [5.41, 5.74) is 2.01. The van der Waals surface area contributed by atoms with Gasteiger partial charge in [0.1, 0.15) is 17.7 Å². The minimum atomic E-state index is -0.00236. The number of nitrogens with zero attached hydrogens (tertiary/aromatic N) is 3. The number of ether oxygens (including phenoxy) is 3. The SMILES string of the molecule is C#CCOc1cc(CNC(=NC)N(C)Cc2csc(C(C)OC)n2)ccc1OC. The van der Waals surface area contributed by atoms with Gasteiger partial charge in [0, 0.05) is 33.1 Å². The Morgan fingerprint density at radius 2 is 2.17 bits per heavy atom. The first-order valence-corrected chi connectivity index (χ1v) is 10.0. The fraction of sp³-hybridized carbons (Fsp3) is 0.429. The summed E-state index contributed by atoms with van der Waals surface area (Å²) in [5, 5.41) is 6.38. The summed E-state index contributed by atoms with van der Waals surface area (Å²) in [6.45, 7) is 3.40. The lowest BCUT2D eigenvalue weighted by molar-refractivity contribution is 0.119. The standard InChI is InChI=1S/C21H28N4O3S/c1-7-10-28-19-11-16(8-9-18(19)27-6)12-23-21(22-3)25(4)13-17-14-29-20(24-17)15(2)26-5/h1,8-9,11,14-15H,10,12-13H2,2-6H3,(H,22,23). The summed E-state index contributed by atoms with van der Waals surface area (Å²) in [6, 6.07) is 5.75. The van der Waals surface area contributed by atoms with Crippen LogP contribution in [-0.2, 0) is 17.8 Å². The molecule has 0 radical (unpaired) electrons. The maximum Gasteiger partial charge on any atom is 0.194 e. The molecule has 2 aromatic rings. The van der Waals surface area contributed by atoms with Crippen molar-refractivity contribution in [1.29, 1.82) is 0 Å². The minimum Gasteiger partial charge on any atom is -0.493 e. The summed E-state index contributed by atoms with van der Waals surface area (Å²) in [6.07, 6.45) is 5.28. The molecule has 1 N–H and O–H groups in total. The second-order valence-corrected chi connectivity index (χ2v) is 7.18. The van der Waals surface area contributed by atoms with E-state index in [4.69, 9.17) is 20.6 Å². The van der Waals surface area contributed by atoms with Crippen molar-refractivity contribution in [2.75, 3.05) is 34.9 Å². The largest absolute Gasteiger partial charge is 0.493 e. The summed E-state index contributed by atoms with van der Waals surface area (Å²) in [4.78, 5) is 11.0. The number of aromatic nitrogens is 1. The minimum absolute atomic E-state index is 0.00236. The number of thiazole rings is 1. The van der Waals surface area contributed by atoms with E-state index in [1.807, 2.05) is 42.5 Å². The Balaban J connectivity index is 1.99. The normalized spacial score (nSPS) is 12.2. The summed E-state index contributed by atoms with van der Waals surface area (Å²) in [5.74, 6) is 4.50. The molecule has 1 aromatic carbocycles. The lowest BCUT2D eigenvalue weighted by Gasteiger charge is -2.21. The van der Waals surface area contributed by atoms with Crippen LogP contribution in [0.5, 0.6) is 11.5 Å². The second kappa shape index (κ2) is 11.3. The van der Waals surface area contributed by atoms with E-state index in [1.54, 1.807) is 32.6 Å². The zero-order valence-corrected chi connectivity index (χ0v) is 18.4. The van der Waals surface area contributed by atoms with Crippen LogP contribution < -0.4 is 14.8 Å². The van der Waals surface area contributed by atoms with Crippen molar-refractivity contribution in [3.05, 3.63) is 39.8 Å². The molecule has 156 valence electrons. The molecule has 0 fully saturated rings. The molecule has 0 aliphatic heterocycles. The van der Waals surface area contributed by atoms with Gasteiger partial charge >= 0.3 is 0 Å². The molecule has 1 atom stereocenters. The van der Waals surface area contributed by atoms with Crippen molar-refractivity contribution in [1.82, 2.24) is 15.2 Å². The molecule has 0 aliphatic carbocycles. The predicted molar refractivity (Wildman–Crippen MR) is 117 cm³/mol. The Morgan fingerprint density at radius 1 is 1.38 bits per heavy atom. The van der Waals surface area contributed by atoms with Crippen molar-refractivity contribution in [3.63, 3.8) is 0 Å². The Morgan fingerprint density at radius 3 is 2.83 bits per heavy atom. The Hall–Kier alpha value is -2.76. The van der Waals surface area contributed by atoms with Crippen molar-refractivity contribution >= 4 is 17.3 Å². The third-order valence-electron chi connectivity index (χ3n) is 4.23. The third kappa shape index (κ3) is 6.38. The van der Waals surface area contributed by atoms with E-state index in [1.165, 1.54) is 0 Å². The Bertz CT molecular complexity index is 860. The van der Waals surface area contributed by atoms with Crippen molar-refractivity contribution in [2.45, 2.75) is 26.1 Å². The average Bonchev–Trinajstić information content (AvgIpc) is 3.20. The van der Waals surface area contributed by atoms with Gasteiger partial charge in [-0.1, -0.05) is 12.0 Å². The van der Waals surface area contributed by atoms with Gasteiger partial charge in [0.2, 0.25) is 0 Å². The molecule has 0 bridgehead atoms. The van der Waals surface area contributed by atoms with Crippen LogP contribution in [0, 0.1) is 12.3 Å². The van der Waals surface area contributed by atoms with Gasteiger partial charge in [0.15, 0.2) is 17.5 Å². The van der Waals surface area contributed by atoms with Gasteiger partial charge in [-0.15, -0.1) is 17.8 Å². The maximum atomic E-state index is 5.56. The Kier molecular flexibility index (Phi) is 8.77. The number of nitrogens with one attached hydrogen (secondary N) is 1. The van der Waals surface area contributed by atoms with Crippen LogP contribution >= 0.6 is 11.3 Å². The molecule has 0 saturated carbocycles. The molecule has 29 heavy (non-hydrogen) atoms. The van der Waals surface area contributed by atoms with Crippen LogP contribution in [0.3, 0.4) is 0 Å². The monoisotopic (exact) mass is 416 g/mol. The fourth-order valence-electron chi connectivity index (χ4n) is 2.63. The van der Waals surface area contributed by atoms with E-state index in [-0.39, 0.29) is 12.7 Å². The van der Waals surface area contributed by atoms with Gasteiger partial charge in [0.05, 0.1) is 19.3 Å². The van der Waals surface area contributed by atoms with E-state index in [2.05, 4.69) is 21.2 Å². The molecule has 1 unspecified atom stereocenters. The third-order valence-corrected chi connectivity index (χ3v) is 5.29. The molecule has 1 aromatic heterocycles. The number of terminal acetylenes is 1. The second-order valence-electron chi connectivity index (χ2n) is 6.29.